The number of nitro benzene ring substituents is 1. The number of nitrogens with one attached hydrogen (secondary N) is 1. The Hall–Kier alpha value is -2.45. The van der Waals surface area contributed by atoms with Crippen LogP contribution in [0.15, 0.2) is 35.3 Å². The van der Waals surface area contributed by atoms with E-state index in [2.05, 4.69) is 10.4 Å². The average Bonchev–Trinajstić information content (AvgIpc) is 2.48. The van der Waals surface area contributed by atoms with Gasteiger partial charge >= 0.3 is 0 Å². The molecule has 0 radical (unpaired) electrons. The van der Waals surface area contributed by atoms with E-state index in [9.17, 15) is 19.7 Å². The maximum absolute atomic E-state index is 11.8. The Bertz CT molecular complexity index is 789. The second kappa shape index (κ2) is 6.54. The first-order valence-electron chi connectivity index (χ1n) is 5.84. The third-order valence-corrected chi connectivity index (χ3v) is 3.35. The van der Waals surface area contributed by atoms with Gasteiger partial charge in [-0.2, -0.15) is 5.10 Å². The molecule has 1 heterocycles. The summed E-state index contributed by atoms with van der Waals surface area (Å²) in [4.78, 5) is 33.5. The van der Waals surface area contributed by atoms with Gasteiger partial charge in [-0.1, -0.05) is 23.2 Å². The molecule has 2 rings (SSSR count). The van der Waals surface area contributed by atoms with Crippen LogP contribution in [0.5, 0.6) is 0 Å². The topological polar surface area (TPSA) is 107 Å². The van der Waals surface area contributed by atoms with Crippen LogP contribution in [-0.2, 0) is 11.3 Å². The van der Waals surface area contributed by atoms with Crippen LogP contribution in [-0.4, -0.2) is 20.6 Å². The summed E-state index contributed by atoms with van der Waals surface area (Å²) < 4.78 is 0.856. The maximum atomic E-state index is 11.8. The zero-order valence-electron chi connectivity index (χ0n) is 10.8. The van der Waals surface area contributed by atoms with E-state index in [-0.39, 0.29) is 22.3 Å². The largest absolute Gasteiger partial charge is 0.324 e. The highest BCUT2D eigenvalue weighted by Crippen LogP contribution is 2.16. The Morgan fingerprint density at radius 3 is 2.55 bits per heavy atom. The summed E-state index contributed by atoms with van der Waals surface area (Å²) in [5.74, 6) is -0.540. The predicted octanol–water partition coefficient (Wildman–Crippen LogP) is 2.10. The second-order valence-electron chi connectivity index (χ2n) is 4.12. The van der Waals surface area contributed by atoms with Crippen molar-refractivity contribution in [3.8, 4) is 0 Å². The van der Waals surface area contributed by atoms with Crippen LogP contribution in [0.3, 0.4) is 0 Å². The quantitative estimate of drug-likeness (QED) is 0.676. The summed E-state index contributed by atoms with van der Waals surface area (Å²) in [7, 11) is 0. The molecule has 0 aliphatic heterocycles. The van der Waals surface area contributed by atoms with Crippen LogP contribution >= 0.6 is 23.2 Å². The monoisotopic (exact) mass is 342 g/mol. The molecule has 0 unspecified atom stereocenters. The summed E-state index contributed by atoms with van der Waals surface area (Å²) in [6, 6.07) is 5.25. The van der Waals surface area contributed by atoms with E-state index in [4.69, 9.17) is 23.2 Å². The molecule has 10 heteroatoms. The highest BCUT2D eigenvalue weighted by molar-refractivity contribution is 6.41. The molecule has 0 aliphatic carbocycles. The van der Waals surface area contributed by atoms with Gasteiger partial charge in [0.15, 0.2) is 0 Å². The fourth-order valence-electron chi connectivity index (χ4n) is 1.56. The van der Waals surface area contributed by atoms with E-state index in [1.54, 1.807) is 0 Å². The number of carbonyl (C=O) groups excluding carboxylic acids is 1. The van der Waals surface area contributed by atoms with Crippen molar-refractivity contribution in [3.05, 3.63) is 61.0 Å². The van der Waals surface area contributed by atoms with Gasteiger partial charge in [-0.3, -0.25) is 19.7 Å². The first-order chi connectivity index (χ1) is 10.4. The average molecular weight is 343 g/mol. The van der Waals surface area contributed by atoms with Gasteiger partial charge in [-0.15, -0.1) is 0 Å². The van der Waals surface area contributed by atoms with E-state index in [0.29, 0.717) is 5.69 Å². The van der Waals surface area contributed by atoms with Gasteiger partial charge in [0.1, 0.15) is 11.6 Å². The molecule has 1 amide bonds. The number of anilines is 1. The standard InChI is InChI=1S/C12H8Cl2N4O4/c13-9-5-15-17(12(20)11(9)14)6-10(19)16-7-1-3-8(4-2-7)18(21)22/h1-5H,6H2,(H,16,19). The highest BCUT2D eigenvalue weighted by atomic mass is 35.5. The Morgan fingerprint density at radius 1 is 1.32 bits per heavy atom. The molecule has 1 aromatic carbocycles. The van der Waals surface area contributed by atoms with Crippen molar-refractivity contribution in [1.82, 2.24) is 9.78 Å². The fourth-order valence-corrected chi connectivity index (χ4v) is 1.83. The molecule has 1 N–H and O–H groups in total. The zero-order chi connectivity index (χ0) is 16.3. The van der Waals surface area contributed by atoms with Gasteiger partial charge in [0.25, 0.3) is 11.2 Å². The number of aromatic nitrogens is 2. The predicted molar refractivity (Wildman–Crippen MR) is 80.2 cm³/mol. The molecule has 2 aromatic rings. The van der Waals surface area contributed by atoms with E-state index in [0.717, 1.165) is 10.9 Å². The van der Waals surface area contributed by atoms with Crippen molar-refractivity contribution in [1.29, 1.82) is 0 Å². The van der Waals surface area contributed by atoms with Gasteiger partial charge in [0, 0.05) is 17.8 Å². The van der Waals surface area contributed by atoms with Gasteiger partial charge in [0.2, 0.25) is 5.91 Å². The molecular formula is C12H8Cl2N4O4. The third kappa shape index (κ3) is 3.60. The first kappa shape index (κ1) is 15.9. The molecule has 22 heavy (non-hydrogen) atoms. The van der Waals surface area contributed by atoms with Crippen molar-refractivity contribution in [3.63, 3.8) is 0 Å². The molecule has 114 valence electrons. The number of nitro groups is 1. The smallest absolute Gasteiger partial charge is 0.287 e. The maximum Gasteiger partial charge on any atom is 0.287 e. The molecule has 1 aromatic heterocycles. The van der Waals surface area contributed by atoms with E-state index in [1.165, 1.54) is 24.3 Å². The molecular weight excluding hydrogens is 335 g/mol. The summed E-state index contributed by atoms with van der Waals surface area (Å²) in [6.07, 6.45) is 1.16. The summed E-state index contributed by atoms with van der Waals surface area (Å²) in [5.41, 5.74) is -0.433. The molecule has 0 saturated heterocycles. The number of benzene rings is 1. The Balaban J connectivity index is 2.09. The van der Waals surface area contributed by atoms with Crippen molar-refractivity contribution in [2.45, 2.75) is 6.54 Å². The van der Waals surface area contributed by atoms with Crippen molar-refractivity contribution in [2.24, 2.45) is 0 Å². The van der Waals surface area contributed by atoms with Crippen LogP contribution in [0, 0.1) is 10.1 Å². The molecule has 0 atom stereocenters. The van der Waals surface area contributed by atoms with Crippen molar-refractivity contribution in [2.75, 3.05) is 5.32 Å². The number of nitrogens with zero attached hydrogens (tertiary/aromatic N) is 3. The number of hydrogen-bond donors (Lipinski definition) is 1. The third-order valence-electron chi connectivity index (χ3n) is 2.60. The van der Waals surface area contributed by atoms with Crippen LogP contribution in [0.1, 0.15) is 0 Å². The Kier molecular flexibility index (Phi) is 4.74. The highest BCUT2D eigenvalue weighted by Gasteiger charge is 2.11. The SMILES string of the molecule is O=C(Cn1ncc(Cl)c(Cl)c1=O)Nc1ccc([N+](=O)[O-])cc1. The number of amides is 1. The summed E-state index contributed by atoms with van der Waals surface area (Å²) >= 11 is 11.3. The van der Waals surface area contributed by atoms with E-state index >= 15 is 0 Å². The molecule has 0 aliphatic rings. The van der Waals surface area contributed by atoms with Crippen LogP contribution in [0.2, 0.25) is 10.0 Å². The number of hydrogen-bond acceptors (Lipinski definition) is 5. The Morgan fingerprint density at radius 2 is 1.95 bits per heavy atom. The van der Waals surface area contributed by atoms with Crippen LogP contribution in [0.25, 0.3) is 0 Å². The molecule has 8 nitrogen and oxygen atoms in total. The fraction of sp³-hybridized carbons (Fsp3) is 0.0833. The van der Waals surface area contributed by atoms with Gasteiger partial charge in [-0.05, 0) is 12.1 Å². The lowest BCUT2D eigenvalue weighted by molar-refractivity contribution is -0.384. The van der Waals surface area contributed by atoms with Crippen LogP contribution in [0.4, 0.5) is 11.4 Å². The molecule has 0 bridgehead atoms. The van der Waals surface area contributed by atoms with Crippen molar-refractivity contribution >= 4 is 40.5 Å². The van der Waals surface area contributed by atoms with Gasteiger partial charge in [-0.25, -0.2) is 4.68 Å². The number of non-ortho nitro benzene ring substituents is 1. The number of rotatable bonds is 4. The second-order valence-corrected chi connectivity index (χ2v) is 4.91. The Labute approximate surface area is 133 Å². The lowest BCUT2D eigenvalue weighted by Gasteiger charge is -2.07. The van der Waals surface area contributed by atoms with Gasteiger partial charge < -0.3 is 5.32 Å². The summed E-state index contributed by atoms with van der Waals surface area (Å²) in [5, 5.41) is 16.5. The molecule has 0 spiro atoms. The zero-order valence-corrected chi connectivity index (χ0v) is 12.3. The van der Waals surface area contributed by atoms with E-state index in [1.807, 2.05) is 0 Å². The number of halogens is 2. The summed E-state index contributed by atoms with van der Waals surface area (Å²) in [6.45, 7) is -0.368. The minimum atomic E-state index is -0.687. The molecule has 0 fully saturated rings. The normalized spacial score (nSPS) is 10.3. The van der Waals surface area contributed by atoms with Crippen molar-refractivity contribution < 1.29 is 9.72 Å². The minimum absolute atomic E-state index is 0.00121. The first-order valence-corrected chi connectivity index (χ1v) is 6.59. The number of carbonyl (C=O) groups is 1. The molecule has 0 saturated carbocycles. The lowest BCUT2D eigenvalue weighted by Crippen LogP contribution is -2.29. The van der Waals surface area contributed by atoms with Gasteiger partial charge in [0.05, 0.1) is 16.1 Å². The minimum Gasteiger partial charge on any atom is -0.324 e. The lowest BCUT2D eigenvalue weighted by atomic mass is 10.3. The van der Waals surface area contributed by atoms with Crippen LogP contribution < -0.4 is 10.9 Å². The van der Waals surface area contributed by atoms with E-state index < -0.39 is 16.4 Å².